The van der Waals surface area contributed by atoms with Crippen LogP contribution in [0.15, 0.2) is 34.9 Å². The number of H-pyrrole nitrogens is 1. The highest BCUT2D eigenvalue weighted by molar-refractivity contribution is 5.83. The lowest BCUT2D eigenvalue weighted by Gasteiger charge is -2.04. The van der Waals surface area contributed by atoms with Gasteiger partial charge < -0.3 is 14.7 Å². The fraction of sp³-hybridized carbons (Fsp3) is 0.294. The second-order valence-corrected chi connectivity index (χ2v) is 5.38. The third-order valence-corrected chi connectivity index (χ3v) is 3.71. The number of nitrogens with one attached hydrogen (secondary N) is 2. The number of para-hydroxylation sites is 1. The zero-order chi connectivity index (χ0) is 15.5. The van der Waals surface area contributed by atoms with E-state index in [1.54, 1.807) is 6.92 Å². The summed E-state index contributed by atoms with van der Waals surface area (Å²) in [7, 11) is 0. The van der Waals surface area contributed by atoms with E-state index in [1.165, 1.54) is 10.9 Å². The highest BCUT2D eigenvalue weighted by Gasteiger charge is 2.11. The van der Waals surface area contributed by atoms with Crippen LogP contribution in [0.4, 0.5) is 0 Å². The number of aromatic amines is 1. The number of aromatic nitrogens is 2. The van der Waals surface area contributed by atoms with Crippen molar-refractivity contribution in [3.63, 3.8) is 0 Å². The summed E-state index contributed by atoms with van der Waals surface area (Å²) < 4.78 is 5.42. The van der Waals surface area contributed by atoms with Crippen molar-refractivity contribution in [1.82, 2.24) is 15.3 Å². The maximum absolute atomic E-state index is 12.0. The molecule has 5 heteroatoms. The molecule has 0 saturated carbocycles. The Morgan fingerprint density at radius 3 is 2.91 bits per heavy atom. The number of carbonyl (C=O) groups is 1. The van der Waals surface area contributed by atoms with Crippen molar-refractivity contribution >= 4 is 16.8 Å². The summed E-state index contributed by atoms with van der Waals surface area (Å²) in [6.45, 7) is 4.24. The van der Waals surface area contributed by atoms with E-state index in [-0.39, 0.29) is 12.3 Å². The number of rotatable bonds is 5. The molecule has 0 spiro atoms. The molecule has 2 aromatic heterocycles. The smallest absolute Gasteiger partial charge is 0.227 e. The molecular formula is C17H19N3O2. The minimum atomic E-state index is -0.0425. The lowest BCUT2D eigenvalue weighted by molar-refractivity contribution is -0.120. The van der Waals surface area contributed by atoms with Crippen LogP contribution < -0.4 is 5.32 Å². The van der Waals surface area contributed by atoms with E-state index in [0.717, 1.165) is 17.6 Å². The minimum Gasteiger partial charge on any atom is -0.445 e. The standard InChI is InChI=1S/C17H19N3O2/c1-11-16(22-12(2)20-11)9-17(21)18-8-7-13-10-19-15-6-4-3-5-14(13)15/h3-6,10,19H,7-9H2,1-2H3,(H,18,21). The van der Waals surface area contributed by atoms with Crippen molar-refractivity contribution in [2.45, 2.75) is 26.7 Å². The normalized spacial score (nSPS) is 11.0. The van der Waals surface area contributed by atoms with Crippen LogP contribution in [-0.4, -0.2) is 22.4 Å². The molecule has 2 N–H and O–H groups in total. The van der Waals surface area contributed by atoms with Crippen LogP contribution >= 0.6 is 0 Å². The zero-order valence-electron chi connectivity index (χ0n) is 12.8. The molecule has 0 aliphatic rings. The van der Waals surface area contributed by atoms with E-state index < -0.39 is 0 Å². The number of hydrogen-bond acceptors (Lipinski definition) is 3. The Balaban J connectivity index is 1.54. The van der Waals surface area contributed by atoms with Gasteiger partial charge in [0, 0.05) is 30.6 Å². The minimum absolute atomic E-state index is 0.0425. The molecule has 0 radical (unpaired) electrons. The Bertz CT molecular complexity index is 801. The number of fused-ring (bicyclic) bond motifs is 1. The lowest BCUT2D eigenvalue weighted by atomic mass is 10.1. The molecule has 0 fully saturated rings. The maximum atomic E-state index is 12.0. The van der Waals surface area contributed by atoms with Crippen LogP contribution in [0.1, 0.15) is 22.9 Å². The first-order chi connectivity index (χ1) is 10.6. The summed E-state index contributed by atoms with van der Waals surface area (Å²) in [5.74, 6) is 1.19. The van der Waals surface area contributed by atoms with Gasteiger partial charge >= 0.3 is 0 Å². The van der Waals surface area contributed by atoms with Crippen molar-refractivity contribution in [3.05, 3.63) is 53.4 Å². The number of oxazole rings is 1. The Kier molecular flexibility index (Phi) is 3.96. The van der Waals surface area contributed by atoms with Gasteiger partial charge in [0.05, 0.1) is 12.1 Å². The van der Waals surface area contributed by atoms with Crippen molar-refractivity contribution in [2.75, 3.05) is 6.54 Å². The second kappa shape index (κ2) is 6.05. The molecule has 3 aromatic rings. The van der Waals surface area contributed by atoms with Gasteiger partial charge in [0.1, 0.15) is 5.76 Å². The third kappa shape index (κ3) is 3.03. The van der Waals surface area contributed by atoms with Crippen molar-refractivity contribution in [2.24, 2.45) is 0 Å². The first-order valence-electron chi connectivity index (χ1n) is 7.38. The first-order valence-corrected chi connectivity index (χ1v) is 7.38. The van der Waals surface area contributed by atoms with Crippen LogP contribution in [0, 0.1) is 13.8 Å². The molecule has 0 saturated heterocycles. The molecule has 114 valence electrons. The average molecular weight is 297 g/mol. The lowest BCUT2D eigenvalue weighted by Crippen LogP contribution is -2.27. The van der Waals surface area contributed by atoms with Crippen molar-refractivity contribution in [3.8, 4) is 0 Å². The van der Waals surface area contributed by atoms with E-state index in [9.17, 15) is 4.79 Å². The van der Waals surface area contributed by atoms with Gasteiger partial charge in [0.15, 0.2) is 5.89 Å². The fourth-order valence-electron chi connectivity index (χ4n) is 2.62. The van der Waals surface area contributed by atoms with Crippen molar-refractivity contribution in [1.29, 1.82) is 0 Å². The Hall–Kier alpha value is -2.56. The number of hydrogen-bond donors (Lipinski definition) is 2. The second-order valence-electron chi connectivity index (χ2n) is 5.38. The molecule has 5 nitrogen and oxygen atoms in total. The highest BCUT2D eigenvalue weighted by Crippen LogP contribution is 2.17. The number of nitrogens with zero attached hydrogens (tertiary/aromatic N) is 1. The third-order valence-electron chi connectivity index (χ3n) is 3.71. The molecule has 1 aromatic carbocycles. The highest BCUT2D eigenvalue weighted by atomic mass is 16.4. The number of benzene rings is 1. The summed E-state index contributed by atoms with van der Waals surface area (Å²) >= 11 is 0. The number of aryl methyl sites for hydroxylation is 2. The van der Waals surface area contributed by atoms with Gasteiger partial charge in [0.2, 0.25) is 5.91 Å². The Labute approximate surface area is 128 Å². The van der Waals surface area contributed by atoms with E-state index in [4.69, 9.17) is 4.42 Å². The van der Waals surface area contributed by atoms with Gasteiger partial charge in [-0.05, 0) is 25.0 Å². The number of amides is 1. The van der Waals surface area contributed by atoms with E-state index in [2.05, 4.69) is 21.4 Å². The predicted molar refractivity (Wildman–Crippen MR) is 84.7 cm³/mol. The molecule has 2 heterocycles. The van der Waals surface area contributed by atoms with Gasteiger partial charge in [0.25, 0.3) is 0 Å². The fourth-order valence-corrected chi connectivity index (χ4v) is 2.62. The Morgan fingerprint density at radius 1 is 1.32 bits per heavy atom. The summed E-state index contributed by atoms with van der Waals surface area (Å²) in [5.41, 5.74) is 3.11. The average Bonchev–Trinajstić information content (AvgIpc) is 3.03. The molecule has 0 bridgehead atoms. The van der Waals surface area contributed by atoms with Gasteiger partial charge in [-0.1, -0.05) is 18.2 Å². The van der Waals surface area contributed by atoms with Crippen LogP contribution in [0.5, 0.6) is 0 Å². The quantitative estimate of drug-likeness (QED) is 0.760. The molecule has 0 aliphatic heterocycles. The summed E-state index contributed by atoms with van der Waals surface area (Å²) in [6, 6.07) is 8.16. The SMILES string of the molecule is Cc1nc(C)c(CC(=O)NCCc2c[nH]c3ccccc23)o1. The summed E-state index contributed by atoms with van der Waals surface area (Å²) in [4.78, 5) is 19.4. The van der Waals surface area contributed by atoms with Crippen LogP contribution in [0.2, 0.25) is 0 Å². The molecule has 0 aliphatic carbocycles. The molecule has 22 heavy (non-hydrogen) atoms. The molecule has 0 atom stereocenters. The topological polar surface area (TPSA) is 70.9 Å². The monoisotopic (exact) mass is 297 g/mol. The predicted octanol–water partition coefficient (Wildman–Crippen LogP) is 2.67. The molecule has 1 amide bonds. The molecule has 0 unspecified atom stereocenters. The molecular weight excluding hydrogens is 278 g/mol. The van der Waals surface area contributed by atoms with Crippen LogP contribution in [0.3, 0.4) is 0 Å². The zero-order valence-corrected chi connectivity index (χ0v) is 12.8. The van der Waals surface area contributed by atoms with E-state index >= 15 is 0 Å². The number of carbonyl (C=O) groups excluding carboxylic acids is 1. The van der Waals surface area contributed by atoms with Crippen LogP contribution in [0.25, 0.3) is 10.9 Å². The molecule has 3 rings (SSSR count). The van der Waals surface area contributed by atoms with E-state index in [1.807, 2.05) is 31.3 Å². The summed E-state index contributed by atoms with van der Waals surface area (Å²) in [6.07, 6.45) is 3.03. The van der Waals surface area contributed by atoms with Gasteiger partial charge in [-0.2, -0.15) is 0 Å². The maximum Gasteiger partial charge on any atom is 0.227 e. The van der Waals surface area contributed by atoms with Crippen LogP contribution in [-0.2, 0) is 17.6 Å². The van der Waals surface area contributed by atoms with Gasteiger partial charge in [-0.15, -0.1) is 0 Å². The van der Waals surface area contributed by atoms with Crippen molar-refractivity contribution < 1.29 is 9.21 Å². The largest absolute Gasteiger partial charge is 0.445 e. The van der Waals surface area contributed by atoms with Gasteiger partial charge in [-0.3, -0.25) is 4.79 Å². The first kappa shape index (κ1) is 14.4. The Morgan fingerprint density at radius 2 is 2.14 bits per heavy atom. The van der Waals surface area contributed by atoms with Gasteiger partial charge in [-0.25, -0.2) is 4.98 Å². The summed E-state index contributed by atoms with van der Waals surface area (Å²) in [5, 5.41) is 4.14. The van der Waals surface area contributed by atoms with E-state index in [0.29, 0.717) is 18.2 Å².